The standard InChI is InChI=1S/C9H10N4O4/c1-6-5-12(9(14)11-6)10-4-7-2-3-8(17-7)13(15)16/h2-4,6H,5H2,1H3,(H,11,14)/b10-4-/t6-/m1/s1. The van der Waals surface area contributed by atoms with Gasteiger partial charge in [-0.1, -0.05) is 0 Å². The van der Waals surface area contributed by atoms with Gasteiger partial charge < -0.3 is 9.73 Å². The molecule has 0 unspecified atom stereocenters. The number of rotatable bonds is 3. The van der Waals surface area contributed by atoms with Gasteiger partial charge in [0.15, 0.2) is 5.76 Å². The quantitative estimate of drug-likeness (QED) is 0.481. The van der Waals surface area contributed by atoms with E-state index >= 15 is 0 Å². The van der Waals surface area contributed by atoms with E-state index in [-0.39, 0.29) is 23.7 Å². The summed E-state index contributed by atoms with van der Waals surface area (Å²) in [6.07, 6.45) is 1.27. The van der Waals surface area contributed by atoms with Crippen molar-refractivity contribution < 1.29 is 14.1 Å². The molecule has 1 aliphatic rings. The maximum absolute atomic E-state index is 11.3. The molecule has 2 heterocycles. The van der Waals surface area contributed by atoms with E-state index in [2.05, 4.69) is 10.4 Å². The number of hydrogen-bond acceptors (Lipinski definition) is 5. The summed E-state index contributed by atoms with van der Waals surface area (Å²) in [6.45, 7) is 2.31. The summed E-state index contributed by atoms with van der Waals surface area (Å²) in [5.41, 5.74) is 0. The Morgan fingerprint density at radius 3 is 3.00 bits per heavy atom. The molecule has 1 N–H and O–H groups in total. The average molecular weight is 238 g/mol. The highest BCUT2D eigenvalue weighted by atomic mass is 16.6. The lowest BCUT2D eigenvalue weighted by molar-refractivity contribution is -0.402. The molecule has 1 fully saturated rings. The van der Waals surface area contributed by atoms with Gasteiger partial charge in [-0.15, -0.1) is 0 Å². The van der Waals surface area contributed by atoms with Crippen molar-refractivity contribution in [1.82, 2.24) is 10.3 Å². The molecule has 0 saturated carbocycles. The van der Waals surface area contributed by atoms with Crippen molar-refractivity contribution in [2.75, 3.05) is 6.54 Å². The van der Waals surface area contributed by atoms with Crippen LogP contribution in [0.25, 0.3) is 0 Å². The Morgan fingerprint density at radius 1 is 1.71 bits per heavy atom. The molecule has 0 aliphatic carbocycles. The van der Waals surface area contributed by atoms with Crippen LogP contribution in [0, 0.1) is 10.1 Å². The van der Waals surface area contributed by atoms with Gasteiger partial charge in [-0.3, -0.25) is 10.1 Å². The lowest BCUT2D eigenvalue weighted by Crippen LogP contribution is -2.24. The minimum absolute atomic E-state index is 0.0330. The fourth-order valence-corrected chi connectivity index (χ4v) is 1.41. The molecule has 0 radical (unpaired) electrons. The maximum atomic E-state index is 11.3. The molecule has 1 atom stereocenters. The largest absolute Gasteiger partial charge is 0.433 e. The van der Waals surface area contributed by atoms with Crippen LogP contribution >= 0.6 is 0 Å². The van der Waals surface area contributed by atoms with Crippen LogP contribution in [-0.4, -0.2) is 34.8 Å². The van der Waals surface area contributed by atoms with Crippen LogP contribution < -0.4 is 5.32 Å². The number of amides is 2. The second-order valence-electron chi connectivity index (χ2n) is 3.61. The first-order chi connectivity index (χ1) is 8.06. The molecule has 0 aromatic carbocycles. The minimum atomic E-state index is -0.637. The Bertz CT molecular complexity index is 481. The lowest BCUT2D eigenvalue weighted by Gasteiger charge is -2.04. The highest BCUT2D eigenvalue weighted by Gasteiger charge is 2.24. The van der Waals surface area contributed by atoms with Crippen LogP contribution in [-0.2, 0) is 0 Å². The number of nitrogens with one attached hydrogen (secondary N) is 1. The van der Waals surface area contributed by atoms with Crippen molar-refractivity contribution in [2.45, 2.75) is 13.0 Å². The number of hydrogen-bond donors (Lipinski definition) is 1. The van der Waals surface area contributed by atoms with Crippen molar-refractivity contribution in [3.63, 3.8) is 0 Å². The third-order valence-corrected chi connectivity index (χ3v) is 2.17. The monoisotopic (exact) mass is 238 g/mol. The van der Waals surface area contributed by atoms with E-state index in [1.54, 1.807) is 0 Å². The number of furan rings is 1. The van der Waals surface area contributed by atoms with E-state index in [0.29, 0.717) is 6.54 Å². The number of nitrogens with zero attached hydrogens (tertiary/aromatic N) is 3. The molecule has 8 nitrogen and oxygen atoms in total. The first-order valence-electron chi connectivity index (χ1n) is 4.92. The van der Waals surface area contributed by atoms with Crippen LogP contribution in [0.1, 0.15) is 12.7 Å². The Labute approximate surface area is 96.0 Å². The number of urea groups is 1. The van der Waals surface area contributed by atoms with Crippen molar-refractivity contribution in [3.8, 4) is 0 Å². The third-order valence-electron chi connectivity index (χ3n) is 2.17. The molecule has 0 spiro atoms. The molecule has 1 saturated heterocycles. The molecule has 1 aliphatic heterocycles. The summed E-state index contributed by atoms with van der Waals surface area (Å²) in [6, 6.07) is 2.38. The molecular weight excluding hydrogens is 228 g/mol. The van der Waals surface area contributed by atoms with E-state index in [1.807, 2.05) is 6.92 Å². The average Bonchev–Trinajstić information content (AvgIpc) is 2.82. The van der Waals surface area contributed by atoms with Crippen molar-refractivity contribution in [3.05, 3.63) is 28.0 Å². The second-order valence-corrected chi connectivity index (χ2v) is 3.61. The SMILES string of the molecule is C[C@@H]1CN(/N=C\c2ccc([N+](=O)[O-])o2)C(=O)N1. The zero-order valence-corrected chi connectivity index (χ0v) is 8.99. The fraction of sp³-hybridized carbons (Fsp3) is 0.333. The summed E-state index contributed by atoms with van der Waals surface area (Å²) < 4.78 is 4.86. The van der Waals surface area contributed by atoms with Gasteiger partial charge in [-0.2, -0.15) is 5.10 Å². The zero-order valence-electron chi connectivity index (χ0n) is 8.99. The predicted molar refractivity (Wildman–Crippen MR) is 57.7 cm³/mol. The summed E-state index contributed by atoms with van der Waals surface area (Å²) in [5.74, 6) is -0.130. The van der Waals surface area contributed by atoms with Crippen LogP contribution in [0.4, 0.5) is 10.7 Å². The van der Waals surface area contributed by atoms with Crippen molar-refractivity contribution in [2.24, 2.45) is 5.10 Å². The smallest absolute Gasteiger partial charge is 0.400 e. The summed E-state index contributed by atoms with van der Waals surface area (Å²) in [7, 11) is 0. The Balaban J connectivity index is 2.05. The van der Waals surface area contributed by atoms with E-state index in [0.717, 1.165) is 0 Å². The van der Waals surface area contributed by atoms with Gasteiger partial charge >= 0.3 is 11.9 Å². The van der Waals surface area contributed by atoms with Gasteiger partial charge in [0.1, 0.15) is 4.92 Å². The zero-order chi connectivity index (χ0) is 12.4. The van der Waals surface area contributed by atoms with Crippen molar-refractivity contribution >= 4 is 18.1 Å². The number of carbonyl (C=O) groups is 1. The first-order valence-corrected chi connectivity index (χ1v) is 4.92. The summed E-state index contributed by atoms with van der Waals surface area (Å²) in [5, 5.41) is 18.1. The normalized spacial score (nSPS) is 19.9. The Morgan fingerprint density at radius 2 is 2.47 bits per heavy atom. The third kappa shape index (κ3) is 2.41. The van der Waals surface area contributed by atoms with Crippen molar-refractivity contribution in [1.29, 1.82) is 0 Å². The topological polar surface area (TPSA) is 101 Å². The molecule has 0 bridgehead atoms. The van der Waals surface area contributed by atoms with Gasteiger partial charge in [0.25, 0.3) is 0 Å². The number of carbonyl (C=O) groups excluding carboxylic acids is 1. The van der Waals surface area contributed by atoms with Crippen LogP contribution in [0.5, 0.6) is 0 Å². The fourth-order valence-electron chi connectivity index (χ4n) is 1.41. The van der Waals surface area contributed by atoms with Crippen LogP contribution in [0.2, 0.25) is 0 Å². The highest BCUT2D eigenvalue weighted by molar-refractivity contribution is 5.81. The number of hydrazone groups is 1. The Kier molecular flexibility index (Phi) is 2.77. The molecule has 1 aromatic heterocycles. The molecule has 8 heteroatoms. The minimum Gasteiger partial charge on any atom is -0.400 e. The second kappa shape index (κ2) is 4.24. The van der Waals surface area contributed by atoms with Crippen LogP contribution in [0.3, 0.4) is 0 Å². The van der Waals surface area contributed by atoms with E-state index in [9.17, 15) is 14.9 Å². The van der Waals surface area contributed by atoms with Crippen LogP contribution in [0.15, 0.2) is 21.7 Å². The van der Waals surface area contributed by atoms with Gasteiger partial charge in [0, 0.05) is 6.04 Å². The molecule has 1 aromatic rings. The first kappa shape index (κ1) is 11.1. The van der Waals surface area contributed by atoms with Gasteiger partial charge in [-0.25, -0.2) is 9.80 Å². The lowest BCUT2D eigenvalue weighted by atomic mass is 10.4. The molecule has 17 heavy (non-hydrogen) atoms. The number of nitro groups is 1. The predicted octanol–water partition coefficient (Wildman–Crippen LogP) is 0.935. The molecular formula is C9H10N4O4. The maximum Gasteiger partial charge on any atom is 0.433 e. The summed E-state index contributed by atoms with van der Waals surface area (Å²) >= 11 is 0. The Hall–Kier alpha value is -2.38. The van der Waals surface area contributed by atoms with E-state index in [4.69, 9.17) is 4.42 Å². The van der Waals surface area contributed by atoms with Gasteiger partial charge in [0.05, 0.1) is 18.8 Å². The molecule has 2 amide bonds. The van der Waals surface area contributed by atoms with E-state index < -0.39 is 4.92 Å². The molecule has 90 valence electrons. The molecule has 2 rings (SSSR count). The summed E-state index contributed by atoms with van der Waals surface area (Å²) in [4.78, 5) is 21.0. The van der Waals surface area contributed by atoms with Gasteiger partial charge in [0.2, 0.25) is 0 Å². The highest BCUT2D eigenvalue weighted by Crippen LogP contribution is 2.14. The van der Waals surface area contributed by atoms with E-state index in [1.165, 1.54) is 23.4 Å². The van der Waals surface area contributed by atoms with Gasteiger partial charge in [-0.05, 0) is 13.0 Å².